The van der Waals surface area contributed by atoms with Gasteiger partial charge in [-0.05, 0) is 23.8 Å². The minimum absolute atomic E-state index is 0.171. The van der Waals surface area contributed by atoms with E-state index in [4.69, 9.17) is 0 Å². The quantitative estimate of drug-likeness (QED) is 0.806. The van der Waals surface area contributed by atoms with Crippen LogP contribution in [0.25, 0.3) is 5.69 Å². The second kappa shape index (κ2) is 6.75. The van der Waals surface area contributed by atoms with Crippen molar-refractivity contribution in [2.75, 3.05) is 0 Å². The first kappa shape index (κ1) is 14.8. The van der Waals surface area contributed by atoms with E-state index in [0.717, 1.165) is 5.56 Å². The van der Waals surface area contributed by atoms with E-state index >= 15 is 0 Å². The third kappa shape index (κ3) is 3.37. The fourth-order valence-corrected chi connectivity index (χ4v) is 2.38. The molecule has 114 valence electrons. The molecule has 0 radical (unpaired) electrons. The first-order chi connectivity index (χ1) is 11.3. The van der Waals surface area contributed by atoms with Gasteiger partial charge in [0.15, 0.2) is 0 Å². The summed E-state index contributed by atoms with van der Waals surface area (Å²) >= 11 is 0. The van der Waals surface area contributed by atoms with Gasteiger partial charge in [-0.25, -0.2) is 0 Å². The molecule has 3 aromatic rings. The molecule has 3 rings (SSSR count). The van der Waals surface area contributed by atoms with Crippen molar-refractivity contribution in [2.45, 2.75) is 6.54 Å². The summed E-state index contributed by atoms with van der Waals surface area (Å²) in [7, 11) is 0. The molecule has 0 unspecified atom stereocenters. The number of amides is 1. The predicted octanol–water partition coefficient (Wildman–Crippen LogP) is 2.77. The van der Waals surface area contributed by atoms with Crippen LogP contribution < -0.4 is 10.9 Å². The van der Waals surface area contributed by atoms with Gasteiger partial charge in [-0.3, -0.25) is 14.2 Å². The Labute approximate surface area is 134 Å². The van der Waals surface area contributed by atoms with Crippen LogP contribution in [0.4, 0.5) is 0 Å². The summed E-state index contributed by atoms with van der Waals surface area (Å²) in [6, 6.07) is 21.7. The maximum Gasteiger partial charge on any atom is 0.255 e. The number of para-hydroxylation sites is 1. The summed E-state index contributed by atoms with van der Waals surface area (Å²) in [5.41, 5.74) is 1.89. The number of carbonyl (C=O) groups is 1. The number of benzene rings is 2. The van der Waals surface area contributed by atoms with Gasteiger partial charge in [0, 0.05) is 18.8 Å². The number of rotatable bonds is 4. The number of aromatic nitrogens is 1. The number of nitrogens with one attached hydrogen (secondary N) is 1. The molecule has 0 aliphatic rings. The monoisotopic (exact) mass is 304 g/mol. The van der Waals surface area contributed by atoms with Crippen molar-refractivity contribution in [1.29, 1.82) is 0 Å². The van der Waals surface area contributed by atoms with E-state index in [1.165, 1.54) is 10.6 Å². The second-order valence-corrected chi connectivity index (χ2v) is 5.09. The smallest absolute Gasteiger partial charge is 0.255 e. The molecule has 0 fully saturated rings. The van der Waals surface area contributed by atoms with Crippen LogP contribution in [0.15, 0.2) is 83.8 Å². The predicted molar refractivity (Wildman–Crippen MR) is 89.7 cm³/mol. The first-order valence-corrected chi connectivity index (χ1v) is 7.35. The second-order valence-electron chi connectivity index (χ2n) is 5.09. The Balaban J connectivity index is 1.87. The zero-order valence-corrected chi connectivity index (χ0v) is 12.5. The minimum Gasteiger partial charge on any atom is -0.348 e. The van der Waals surface area contributed by atoms with Gasteiger partial charge in [-0.2, -0.15) is 0 Å². The SMILES string of the molecule is O=C(NCc1ccccc1)c1ccccc1-n1ccccc1=O. The summed E-state index contributed by atoms with van der Waals surface area (Å²) in [6.07, 6.45) is 1.66. The average molecular weight is 304 g/mol. The van der Waals surface area contributed by atoms with E-state index in [1.807, 2.05) is 36.4 Å². The normalized spacial score (nSPS) is 10.3. The molecule has 4 nitrogen and oxygen atoms in total. The molecular weight excluding hydrogens is 288 g/mol. The largest absolute Gasteiger partial charge is 0.348 e. The number of nitrogens with zero attached hydrogens (tertiary/aromatic N) is 1. The minimum atomic E-state index is -0.208. The van der Waals surface area contributed by atoms with Crippen LogP contribution >= 0.6 is 0 Å². The molecule has 0 aliphatic heterocycles. The number of pyridine rings is 1. The fourth-order valence-electron chi connectivity index (χ4n) is 2.38. The Morgan fingerprint density at radius 2 is 1.57 bits per heavy atom. The molecule has 1 N–H and O–H groups in total. The molecule has 0 spiro atoms. The van der Waals surface area contributed by atoms with Crippen molar-refractivity contribution in [2.24, 2.45) is 0 Å². The van der Waals surface area contributed by atoms with Crippen LogP contribution in [-0.4, -0.2) is 10.5 Å². The third-order valence-corrected chi connectivity index (χ3v) is 3.53. The van der Waals surface area contributed by atoms with E-state index in [1.54, 1.807) is 36.5 Å². The summed E-state index contributed by atoms with van der Waals surface area (Å²) in [5.74, 6) is -0.208. The lowest BCUT2D eigenvalue weighted by atomic mass is 10.1. The van der Waals surface area contributed by atoms with Crippen LogP contribution in [0.1, 0.15) is 15.9 Å². The molecule has 23 heavy (non-hydrogen) atoms. The van der Waals surface area contributed by atoms with Gasteiger partial charge >= 0.3 is 0 Å². The highest BCUT2D eigenvalue weighted by Crippen LogP contribution is 2.13. The molecule has 4 heteroatoms. The maximum absolute atomic E-state index is 12.5. The lowest BCUT2D eigenvalue weighted by molar-refractivity contribution is 0.0951. The molecule has 1 heterocycles. The maximum atomic E-state index is 12.5. The van der Waals surface area contributed by atoms with E-state index < -0.39 is 0 Å². The van der Waals surface area contributed by atoms with Crippen molar-refractivity contribution in [1.82, 2.24) is 9.88 Å². The van der Waals surface area contributed by atoms with E-state index in [9.17, 15) is 9.59 Å². The molecular formula is C19H16N2O2. The van der Waals surface area contributed by atoms with Crippen LogP contribution in [0.5, 0.6) is 0 Å². The Bertz CT molecular complexity index is 870. The Kier molecular flexibility index (Phi) is 4.34. The summed E-state index contributed by atoms with van der Waals surface area (Å²) in [6.45, 7) is 0.442. The van der Waals surface area contributed by atoms with Crippen molar-refractivity contribution < 1.29 is 4.79 Å². The van der Waals surface area contributed by atoms with Gasteiger partial charge in [0.05, 0.1) is 11.3 Å². The molecule has 2 aromatic carbocycles. The summed E-state index contributed by atoms with van der Waals surface area (Å²) in [5, 5.41) is 2.89. The van der Waals surface area contributed by atoms with Crippen molar-refractivity contribution in [3.05, 3.63) is 100 Å². The third-order valence-electron chi connectivity index (χ3n) is 3.53. The van der Waals surface area contributed by atoms with E-state index in [2.05, 4.69) is 5.32 Å². The molecule has 0 atom stereocenters. The highest BCUT2D eigenvalue weighted by molar-refractivity contribution is 5.97. The lowest BCUT2D eigenvalue weighted by Gasteiger charge is -2.12. The molecule has 0 bridgehead atoms. The molecule has 1 aromatic heterocycles. The molecule has 1 amide bonds. The zero-order chi connectivity index (χ0) is 16.1. The van der Waals surface area contributed by atoms with Gasteiger partial charge in [-0.15, -0.1) is 0 Å². The van der Waals surface area contributed by atoms with Crippen molar-refractivity contribution >= 4 is 5.91 Å². The van der Waals surface area contributed by atoms with Crippen LogP contribution in [0.3, 0.4) is 0 Å². The van der Waals surface area contributed by atoms with Gasteiger partial charge in [0.1, 0.15) is 0 Å². The van der Waals surface area contributed by atoms with Gasteiger partial charge in [0.25, 0.3) is 11.5 Å². The molecule has 0 aliphatic carbocycles. The number of hydrogen-bond donors (Lipinski definition) is 1. The molecule has 0 saturated carbocycles. The molecule has 0 saturated heterocycles. The van der Waals surface area contributed by atoms with Crippen LogP contribution in [0, 0.1) is 0 Å². The first-order valence-electron chi connectivity index (χ1n) is 7.35. The van der Waals surface area contributed by atoms with Gasteiger partial charge in [0.2, 0.25) is 0 Å². The number of carbonyl (C=O) groups excluding carboxylic acids is 1. The highest BCUT2D eigenvalue weighted by Gasteiger charge is 2.12. The Morgan fingerprint density at radius 3 is 2.35 bits per heavy atom. The Hall–Kier alpha value is -3.14. The summed E-state index contributed by atoms with van der Waals surface area (Å²) in [4.78, 5) is 24.5. The van der Waals surface area contributed by atoms with Gasteiger partial charge < -0.3 is 5.32 Å². The van der Waals surface area contributed by atoms with E-state index in [0.29, 0.717) is 17.8 Å². The van der Waals surface area contributed by atoms with Crippen LogP contribution in [-0.2, 0) is 6.54 Å². The topological polar surface area (TPSA) is 51.1 Å². The number of hydrogen-bond acceptors (Lipinski definition) is 2. The van der Waals surface area contributed by atoms with Gasteiger partial charge in [-0.1, -0.05) is 48.5 Å². The zero-order valence-electron chi connectivity index (χ0n) is 12.5. The Morgan fingerprint density at radius 1 is 0.870 bits per heavy atom. The van der Waals surface area contributed by atoms with Crippen molar-refractivity contribution in [3.63, 3.8) is 0 Å². The fraction of sp³-hybridized carbons (Fsp3) is 0.0526. The van der Waals surface area contributed by atoms with Crippen molar-refractivity contribution in [3.8, 4) is 5.69 Å². The van der Waals surface area contributed by atoms with E-state index in [-0.39, 0.29) is 11.5 Å². The average Bonchev–Trinajstić information content (AvgIpc) is 2.61. The summed E-state index contributed by atoms with van der Waals surface area (Å²) < 4.78 is 1.47. The lowest BCUT2D eigenvalue weighted by Crippen LogP contribution is -2.26. The standard InChI is InChI=1S/C19H16N2O2/c22-18-12-6-7-13-21(18)17-11-5-4-10-16(17)19(23)20-14-15-8-2-1-3-9-15/h1-13H,14H2,(H,20,23). The van der Waals surface area contributed by atoms with Crippen LogP contribution in [0.2, 0.25) is 0 Å². The highest BCUT2D eigenvalue weighted by atomic mass is 16.2.